The number of nitrogens with one attached hydrogen (secondary N) is 1. The highest BCUT2D eigenvalue weighted by Gasteiger charge is 2.25. The molecule has 0 bridgehead atoms. The molecule has 1 heterocycles. The highest BCUT2D eigenvalue weighted by molar-refractivity contribution is 7.89. The van der Waals surface area contributed by atoms with Crippen LogP contribution in [0.1, 0.15) is 24.4 Å². The van der Waals surface area contributed by atoms with Gasteiger partial charge in [-0.1, -0.05) is 48.5 Å². The van der Waals surface area contributed by atoms with Gasteiger partial charge in [0.1, 0.15) is 0 Å². The first-order chi connectivity index (χ1) is 11.2. The van der Waals surface area contributed by atoms with Crippen LogP contribution in [0.3, 0.4) is 0 Å². The number of hydrogen-bond donors (Lipinski definition) is 1. The molecule has 5 heteroatoms. The van der Waals surface area contributed by atoms with Crippen molar-refractivity contribution in [1.82, 2.24) is 9.62 Å². The Balaban J connectivity index is 1.77. The third-order valence-electron chi connectivity index (χ3n) is 4.29. The summed E-state index contributed by atoms with van der Waals surface area (Å²) in [7, 11) is -3.47. The second-order valence-electron chi connectivity index (χ2n) is 5.83. The molecule has 3 rings (SSSR count). The first-order valence-corrected chi connectivity index (χ1v) is 9.49. The average molecular weight is 330 g/mol. The molecule has 2 aromatic carbocycles. The Kier molecular flexibility index (Phi) is 5.10. The van der Waals surface area contributed by atoms with Crippen LogP contribution in [-0.4, -0.2) is 33.0 Å². The van der Waals surface area contributed by atoms with E-state index >= 15 is 0 Å². The average Bonchev–Trinajstić information content (AvgIpc) is 3.11. The predicted molar refractivity (Wildman–Crippen MR) is 91.6 cm³/mol. The molecule has 4 nitrogen and oxygen atoms in total. The molecule has 0 amide bonds. The van der Waals surface area contributed by atoms with E-state index in [4.69, 9.17) is 0 Å². The molecular formula is C18H22N2O2S. The van der Waals surface area contributed by atoms with Crippen molar-refractivity contribution in [1.29, 1.82) is 0 Å². The molecule has 1 aliphatic rings. The number of hydrogen-bond acceptors (Lipinski definition) is 3. The molecule has 1 N–H and O–H groups in total. The number of rotatable bonds is 6. The standard InChI is InChI=1S/C18H22N2O2S/c21-23(22,17-11-5-2-6-12-17)19-15-18(20-13-7-8-14-20)16-9-3-1-4-10-16/h1-6,9-12,18-19H,7-8,13-15H2/t18-/m1/s1. The summed E-state index contributed by atoms with van der Waals surface area (Å²) in [6.07, 6.45) is 2.35. The van der Waals surface area contributed by atoms with E-state index in [0.29, 0.717) is 11.4 Å². The van der Waals surface area contributed by atoms with Crippen LogP contribution in [0.2, 0.25) is 0 Å². The highest BCUT2D eigenvalue weighted by Crippen LogP contribution is 2.25. The minimum atomic E-state index is -3.47. The van der Waals surface area contributed by atoms with E-state index in [1.54, 1.807) is 24.3 Å². The topological polar surface area (TPSA) is 49.4 Å². The molecule has 0 spiro atoms. The van der Waals surface area contributed by atoms with E-state index in [-0.39, 0.29) is 6.04 Å². The van der Waals surface area contributed by atoms with Crippen LogP contribution < -0.4 is 4.72 Å². The Hall–Kier alpha value is -1.69. The summed E-state index contributed by atoms with van der Waals surface area (Å²) in [5, 5.41) is 0. The molecule has 1 fully saturated rings. The van der Waals surface area contributed by atoms with Crippen molar-refractivity contribution < 1.29 is 8.42 Å². The van der Waals surface area contributed by atoms with E-state index < -0.39 is 10.0 Å². The smallest absolute Gasteiger partial charge is 0.240 e. The second kappa shape index (κ2) is 7.25. The molecule has 0 aromatic heterocycles. The monoisotopic (exact) mass is 330 g/mol. The van der Waals surface area contributed by atoms with Crippen molar-refractivity contribution in [3.8, 4) is 0 Å². The van der Waals surface area contributed by atoms with Crippen molar-refractivity contribution in [2.75, 3.05) is 19.6 Å². The van der Waals surface area contributed by atoms with Crippen molar-refractivity contribution in [3.63, 3.8) is 0 Å². The zero-order valence-electron chi connectivity index (χ0n) is 13.1. The van der Waals surface area contributed by atoms with Crippen LogP contribution in [0.15, 0.2) is 65.6 Å². The lowest BCUT2D eigenvalue weighted by Crippen LogP contribution is -2.36. The van der Waals surface area contributed by atoms with Crippen LogP contribution >= 0.6 is 0 Å². The first kappa shape index (κ1) is 16.2. The van der Waals surface area contributed by atoms with Gasteiger partial charge in [0.25, 0.3) is 0 Å². The lowest BCUT2D eigenvalue weighted by Gasteiger charge is -2.28. The zero-order valence-corrected chi connectivity index (χ0v) is 13.9. The van der Waals surface area contributed by atoms with E-state index in [0.717, 1.165) is 18.7 Å². The first-order valence-electron chi connectivity index (χ1n) is 8.00. The molecule has 0 radical (unpaired) electrons. The van der Waals surface area contributed by atoms with Gasteiger partial charge in [0.15, 0.2) is 0 Å². The second-order valence-corrected chi connectivity index (χ2v) is 7.60. The number of nitrogens with zero attached hydrogens (tertiary/aromatic N) is 1. The van der Waals surface area contributed by atoms with Gasteiger partial charge < -0.3 is 0 Å². The van der Waals surface area contributed by atoms with Gasteiger partial charge in [-0.2, -0.15) is 0 Å². The highest BCUT2D eigenvalue weighted by atomic mass is 32.2. The number of likely N-dealkylation sites (tertiary alicyclic amines) is 1. The molecule has 1 atom stereocenters. The molecule has 122 valence electrons. The maximum atomic E-state index is 12.5. The van der Waals surface area contributed by atoms with Gasteiger partial charge in [-0.3, -0.25) is 4.90 Å². The lowest BCUT2D eigenvalue weighted by molar-refractivity contribution is 0.246. The summed E-state index contributed by atoms with van der Waals surface area (Å²) in [6, 6.07) is 18.7. The summed E-state index contributed by atoms with van der Waals surface area (Å²) in [4.78, 5) is 2.68. The van der Waals surface area contributed by atoms with Crippen molar-refractivity contribution in [2.24, 2.45) is 0 Å². The van der Waals surface area contributed by atoms with E-state index in [1.807, 2.05) is 24.3 Å². The Morgan fingerprint density at radius 2 is 1.48 bits per heavy atom. The van der Waals surface area contributed by atoms with Crippen LogP contribution in [0.25, 0.3) is 0 Å². The van der Waals surface area contributed by atoms with Crippen molar-refractivity contribution in [3.05, 3.63) is 66.2 Å². The maximum Gasteiger partial charge on any atom is 0.240 e. The Morgan fingerprint density at radius 1 is 0.913 bits per heavy atom. The fourth-order valence-electron chi connectivity index (χ4n) is 3.06. The van der Waals surface area contributed by atoms with Crippen molar-refractivity contribution in [2.45, 2.75) is 23.8 Å². The Morgan fingerprint density at radius 3 is 2.09 bits per heavy atom. The number of benzene rings is 2. The molecule has 0 saturated carbocycles. The summed E-state index contributed by atoms with van der Waals surface area (Å²) in [6.45, 7) is 2.43. The minimum absolute atomic E-state index is 0.0807. The summed E-state index contributed by atoms with van der Waals surface area (Å²) in [5.74, 6) is 0. The fraction of sp³-hybridized carbons (Fsp3) is 0.333. The third-order valence-corrected chi connectivity index (χ3v) is 5.73. The maximum absolute atomic E-state index is 12.5. The van der Waals surface area contributed by atoms with Crippen LogP contribution in [0.5, 0.6) is 0 Å². The normalized spacial score (nSPS) is 17.2. The third kappa shape index (κ3) is 3.99. The molecule has 0 unspecified atom stereocenters. The quantitative estimate of drug-likeness (QED) is 0.886. The largest absolute Gasteiger partial charge is 0.295 e. The van der Waals surface area contributed by atoms with E-state index in [9.17, 15) is 8.42 Å². The summed E-state index contributed by atoms with van der Waals surface area (Å²) < 4.78 is 27.7. The van der Waals surface area contributed by atoms with Crippen molar-refractivity contribution >= 4 is 10.0 Å². The van der Waals surface area contributed by atoms with Crippen LogP contribution in [0, 0.1) is 0 Å². The molecular weight excluding hydrogens is 308 g/mol. The Bertz CT molecular complexity index is 711. The zero-order chi connectivity index (χ0) is 16.1. The summed E-state index contributed by atoms with van der Waals surface area (Å²) in [5.41, 5.74) is 1.16. The van der Waals surface area contributed by atoms with Gasteiger partial charge in [0.2, 0.25) is 10.0 Å². The van der Waals surface area contributed by atoms with Gasteiger partial charge in [-0.25, -0.2) is 13.1 Å². The van der Waals surface area contributed by atoms with Crippen LogP contribution in [-0.2, 0) is 10.0 Å². The van der Waals surface area contributed by atoms with Gasteiger partial charge in [-0.15, -0.1) is 0 Å². The predicted octanol–water partition coefficient (Wildman–Crippen LogP) is 2.80. The van der Waals surface area contributed by atoms with E-state index in [2.05, 4.69) is 21.8 Å². The van der Waals surface area contributed by atoms with Gasteiger partial charge in [0, 0.05) is 12.6 Å². The van der Waals surface area contributed by atoms with Crippen LogP contribution in [0.4, 0.5) is 0 Å². The number of sulfonamides is 1. The molecule has 23 heavy (non-hydrogen) atoms. The van der Waals surface area contributed by atoms with Gasteiger partial charge in [0.05, 0.1) is 4.90 Å². The fourth-order valence-corrected chi connectivity index (χ4v) is 4.12. The molecule has 1 aliphatic heterocycles. The SMILES string of the molecule is O=S(=O)(NC[C@H](c1ccccc1)N1CCCC1)c1ccccc1. The lowest BCUT2D eigenvalue weighted by atomic mass is 10.1. The minimum Gasteiger partial charge on any atom is -0.295 e. The molecule has 2 aromatic rings. The molecule has 1 saturated heterocycles. The Labute approximate surface area is 138 Å². The van der Waals surface area contributed by atoms with Gasteiger partial charge in [-0.05, 0) is 43.6 Å². The molecule has 0 aliphatic carbocycles. The van der Waals surface area contributed by atoms with Gasteiger partial charge >= 0.3 is 0 Å². The van der Waals surface area contributed by atoms with E-state index in [1.165, 1.54) is 12.8 Å². The summed E-state index contributed by atoms with van der Waals surface area (Å²) >= 11 is 0.